The Kier molecular flexibility index (Phi) is 7.38. The molecule has 2 aromatic rings. The van der Waals surface area contributed by atoms with E-state index in [0.717, 1.165) is 36.1 Å². The summed E-state index contributed by atoms with van der Waals surface area (Å²) in [6, 6.07) is 10.6. The number of nitrogens with zero attached hydrogens (tertiary/aromatic N) is 1. The van der Waals surface area contributed by atoms with Crippen molar-refractivity contribution in [1.29, 1.82) is 0 Å². The molecule has 1 aliphatic heterocycles. The molecule has 1 fully saturated rings. The lowest BCUT2D eigenvalue weighted by molar-refractivity contribution is 0.0935. The van der Waals surface area contributed by atoms with Gasteiger partial charge in [0.2, 0.25) is 10.0 Å². The van der Waals surface area contributed by atoms with E-state index in [9.17, 15) is 13.2 Å². The van der Waals surface area contributed by atoms with E-state index in [4.69, 9.17) is 4.74 Å². The van der Waals surface area contributed by atoms with Crippen LogP contribution in [0.3, 0.4) is 0 Å². The zero-order valence-electron chi connectivity index (χ0n) is 18.8. The van der Waals surface area contributed by atoms with E-state index in [1.54, 1.807) is 26.2 Å². The van der Waals surface area contributed by atoms with Gasteiger partial charge >= 0.3 is 0 Å². The predicted octanol–water partition coefficient (Wildman–Crippen LogP) is 4.37. The maximum Gasteiger partial charge on any atom is 0.251 e. The standard InChI is InChI=1S/C24H32N2O4S/c1-5-21(19-11-12-22(30-4)18(3)15-19)25-24(27)20-10-9-17(2)23(16-20)31(28,29)26-13-7-6-8-14-26/h9-12,15-16,21H,5-8,13-14H2,1-4H3,(H,25,27). The fraction of sp³-hybridized carbons (Fsp3) is 0.458. The van der Waals surface area contributed by atoms with E-state index in [2.05, 4.69) is 5.32 Å². The highest BCUT2D eigenvalue weighted by molar-refractivity contribution is 7.89. The molecule has 1 atom stereocenters. The molecule has 3 rings (SSSR count). The summed E-state index contributed by atoms with van der Waals surface area (Å²) >= 11 is 0. The third-order valence-corrected chi connectivity index (χ3v) is 7.96. The van der Waals surface area contributed by atoms with Crippen LogP contribution in [-0.4, -0.2) is 38.8 Å². The van der Waals surface area contributed by atoms with E-state index in [0.29, 0.717) is 30.6 Å². The van der Waals surface area contributed by atoms with Crippen LogP contribution < -0.4 is 10.1 Å². The molecule has 0 aromatic heterocycles. The number of sulfonamides is 1. The number of carbonyl (C=O) groups excluding carboxylic acids is 1. The first kappa shape index (κ1) is 23.3. The summed E-state index contributed by atoms with van der Waals surface area (Å²) in [5.74, 6) is 0.520. The molecule has 0 aliphatic carbocycles. The first-order valence-corrected chi connectivity index (χ1v) is 12.3. The number of aryl methyl sites for hydroxylation is 2. The van der Waals surface area contributed by atoms with Crippen LogP contribution in [0.2, 0.25) is 0 Å². The van der Waals surface area contributed by atoms with Crippen LogP contribution in [-0.2, 0) is 10.0 Å². The third-order valence-electron chi connectivity index (χ3n) is 5.92. The first-order chi connectivity index (χ1) is 14.8. The van der Waals surface area contributed by atoms with Crippen molar-refractivity contribution in [2.45, 2.75) is 57.4 Å². The fourth-order valence-corrected chi connectivity index (χ4v) is 5.81. The molecule has 6 nitrogen and oxygen atoms in total. The van der Waals surface area contributed by atoms with E-state index in [-0.39, 0.29) is 16.8 Å². The Bertz CT molecular complexity index is 1040. The summed E-state index contributed by atoms with van der Waals surface area (Å²) in [6.45, 7) is 6.81. The van der Waals surface area contributed by atoms with Gasteiger partial charge in [0, 0.05) is 18.7 Å². The van der Waals surface area contributed by atoms with Crippen molar-refractivity contribution in [2.24, 2.45) is 0 Å². The minimum absolute atomic E-state index is 0.180. The van der Waals surface area contributed by atoms with Crippen molar-refractivity contribution in [3.8, 4) is 5.75 Å². The Balaban J connectivity index is 1.84. The molecule has 1 saturated heterocycles. The Morgan fingerprint density at radius 1 is 1.06 bits per heavy atom. The molecular weight excluding hydrogens is 412 g/mol. The second kappa shape index (κ2) is 9.83. The minimum Gasteiger partial charge on any atom is -0.496 e. The molecule has 0 spiro atoms. The van der Waals surface area contributed by atoms with Crippen molar-refractivity contribution < 1.29 is 17.9 Å². The number of hydrogen-bond acceptors (Lipinski definition) is 4. The predicted molar refractivity (Wildman–Crippen MR) is 122 cm³/mol. The largest absolute Gasteiger partial charge is 0.496 e. The second-order valence-electron chi connectivity index (χ2n) is 8.11. The van der Waals surface area contributed by atoms with E-state index >= 15 is 0 Å². The summed E-state index contributed by atoms with van der Waals surface area (Å²) in [5.41, 5.74) is 2.99. The number of hydrogen-bond donors (Lipinski definition) is 1. The quantitative estimate of drug-likeness (QED) is 0.688. The van der Waals surface area contributed by atoms with Crippen molar-refractivity contribution >= 4 is 15.9 Å². The van der Waals surface area contributed by atoms with Crippen molar-refractivity contribution in [1.82, 2.24) is 9.62 Å². The molecule has 1 amide bonds. The molecule has 2 aromatic carbocycles. The lowest BCUT2D eigenvalue weighted by Crippen LogP contribution is -2.36. The van der Waals surface area contributed by atoms with Gasteiger partial charge < -0.3 is 10.1 Å². The number of benzene rings is 2. The van der Waals surface area contributed by atoms with Crippen LogP contribution >= 0.6 is 0 Å². The smallest absolute Gasteiger partial charge is 0.251 e. The van der Waals surface area contributed by atoms with Gasteiger partial charge in [0.15, 0.2) is 0 Å². The number of methoxy groups -OCH3 is 1. The summed E-state index contributed by atoms with van der Waals surface area (Å²) in [4.78, 5) is 13.2. The Morgan fingerprint density at radius 2 is 1.77 bits per heavy atom. The molecule has 0 saturated carbocycles. The van der Waals surface area contributed by atoms with Gasteiger partial charge in [-0.25, -0.2) is 8.42 Å². The maximum absolute atomic E-state index is 13.2. The zero-order valence-corrected chi connectivity index (χ0v) is 19.6. The van der Waals surface area contributed by atoms with Crippen LogP contribution in [0.4, 0.5) is 0 Å². The van der Waals surface area contributed by atoms with Crippen molar-refractivity contribution in [3.05, 3.63) is 58.7 Å². The van der Waals surface area contributed by atoms with Crippen molar-refractivity contribution in [3.63, 3.8) is 0 Å². The van der Waals surface area contributed by atoms with Crippen molar-refractivity contribution in [2.75, 3.05) is 20.2 Å². The summed E-state index contributed by atoms with van der Waals surface area (Å²) < 4.78 is 33.2. The normalized spacial score (nSPS) is 16.0. The number of nitrogens with one attached hydrogen (secondary N) is 1. The molecule has 7 heteroatoms. The second-order valence-corrected chi connectivity index (χ2v) is 10.0. The average molecular weight is 445 g/mol. The highest BCUT2D eigenvalue weighted by atomic mass is 32.2. The van der Waals surface area contributed by atoms with Crippen LogP contribution in [0.25, 0.3) is 0 Å². The number of ether oxygens (including phenoxy) is 1. The SMILES string of the molecule is CCC(NC(=O)c1ccc(C)c(S(=O)(=O)N2CCCCC2)c1)c1ccc(OC)c(C)c1. The van der Waals surface area contributed by atoms with Gasteiger partial charge in [0.25, 0.3) is 5.91 Å². The maximum atomic E-state index is 13.2. The molecule has 1 heterocycles. The van der Waals surface area contributed by atoms with Gasteiger partial charge in [-0.2, -0.15) is 4.31 Å². The Labute approximate surface area is 185 Å². The van der Waals surface area contributed by atoms with Gasteiger partial charge in [-0.15, -0.1) is 0 Å². The van der Waals surface area contributed by atoms with Gasteiger partial charge in [0.1, 0.15) is 5.75 Å². The number of carbonyl (C=O) groups is 1. The molecule has 0 radical (unpaired) electrons. The van der Waals surface area contributed by atoms with Gasteiger partial charge in [-0.05, 0) is 68.0 Å². The lowest BCUT2D eigenvalue weighted by atomic mass is 10.0. The molecule has 1 aliphatic rings. The third kappa shape index (κ3) is 5.10. The molecular formula is C24H32N2O4S. The fourth-order valence-electron chi connectivity index (χ4n) is 4.04. The topological polar surface area (TPSA) is 75.7 Å². The Morgan fingerprint density at radius 3 is 2.39 bits per heavy atom. The van der Waals surface area contributed by atoms with Crippen LogP contribution in [0, 0.1) is 13.8 Å². The monoisotopic (exact) mass is 444 g/mol. The van der Waals surface area contributed by atoms with E-state index in [1.807, 2.05) is 32.0 Å². The number of amides is 1. The van der Waals surface area contributed by atoms with Gasteiger partial charge in [-0.1, -0.05) is 31.5 Å². The Hall–Kier alpha value is -2.38. The molecule has 31 heavy (non-hydrogen) atoms. The van der Waals surface area contributed by atoms with Gasteiger partial charge in [0.05, 0.1) is 18.0 Å². The summed E-state index contributed by atoms with van der Waals surface area (Å²) in [7, 11) is -1.98. The lowest BCUT2D eigenvalue weighted by Gasteiger charge is -2.26. The van der Waals surface area contributed by atoms with Gasteiger partial charge in [-0.3, -0.25) is 4.79 Å². The first-order valence-electron chi connectivity index (χ1n) is 10.8. The number of piperidine rings is 1. The number of rotatable bonds is 7. The highest BCUT2D eigenvalue weighted by Gasteiger charge is 2.28. The van der Waals surface area contributed by atoms with Crippen LogP contribution in [0.5, 0.6) is 5.75 Å². The summed E-state index contributed by atoms with van der Waals surface area (Å²) in [5, 5.41) is 3.05. The molecule has 1 unspecified atom stereocenters. The molecule has 168 valence electrons. The van der Waals surface area contributed by atoms with Crippen LogP contribution in [0.1, 0.15) is 65.7 Å². The molecule has 1 N–H and O–H groups in total. The van der Waals surface area contributed by atoms with Crippen LogP contribution in [0.15, 0.2) is 41.3 Å². The minimum atomic E-state index is -3.61. The molecule has 0 bridgehead atoms. The van der Waals surface area contributed by atoms with E-state index in [1.165, 1.54) is 10.4 Å². The zero-order chi connectivity index (χ0) is 22.6. The van der Waals surface area contributed by atoms with E-state index < -0.39 is 10.0 Å². The average Bonchev–Trinajstić information content (AvgIpc) is 2.78. The summed E-state index contributed by atoms with van der Waals surface area (Å²) in [6.07, 6.45) is 3.51. The highest BCUT2D eigenvalue weighted by Crippen LogP contribution is 2.26.